The van der Waals surface area contributed by atoms with Crippen LogP contribution < -0.4 is 0 Å². The van der Waals surface area contributed by atoms with Gasteiger partial charge < -0.3 is 14.4 Å². The normalized spacial score (nSPS) is 14.5. The monoisotopic (exact) mass is 460 g/mol. The number of non-ortho nitro benzene ring substituents is 1. The van der Waals surface area contributed by atoms with E-state index in [1.165, 1.54) is 29.2 Å². The highest BCUT2D eigenvalue weighted by Crippen LogP contribution is 2.32. The molecule has 0 aliphatic carbocycles. The first-order chi connectivity index (χ1) is 15.6. The zero-order valence-electron chi connectivity index (χ0n) is 17.3. The van der Waals surface area contributed by atoms with E-state index in [0.717, 1.165) is 12.1 Å². The number of hydrogen-bond acceptors (Lipinski definition) is 4. The van der Waals surface area contributed by atoms with Gasteiger partial charge in [-0.15, -0.1) is 0 Å². The van der Waals surface area contributed by atoms with Gasteiger partial charge in [0.2, 0.25) is 5.91 Å². The van der Waals surface area contributed by atoms with Crippen LogP contribution in [-0.4, -0.2) is 57.3 Å². The average Bonchev–Trinajstić information content (AvgIpc) is 3.20. The third-order valence-corrected chi connectivity index (χ3v) is 5.65. The van der Waals surface area contributed by atoms with E-state index in [0.29, 0.717) is 10.9 Å². The van der Waals surface area contributed by atoms with E-state index in [-0.39, 0.29) is 44.3 Å². The van der Waals surface area contributed by atoms with Crippen LogP contribution >= 0.6 is 0 Å². The largest absolute Gasteiger partial charge is 0.417 e. The number of rotatable bonds is 4. The number of fused-ring (bicyclic) bond motifs is 1. The van der Waals surface area contributed by atoms with E-state index in [4.69, 9.17) is 0 Å². The summed E-state index contributed by atoms with van der Waals surface area (Å²) in [6, 6.07) is 10.7. The molecule has 8 nitrogen and oxygen atoms in total. The molecule has 33 heavy (non-hydrogen) atoms. The van der Waals surface area contributed by atoms with Gasteiger partial charge in [0.05, 0.1) is 16.1 Å². The molecule has 0 spiro atoms. The third kappa shape index (κ3) is 4.52. The van der Waals surface area contributed by atoms with Crippen molar-refractivity contribution in [2.24, 2.45) is 0 Å². The van der Waals surface area contributed by atoms with Crippen LogP contribution in [0.1, 0.15) is 15.9 Å². The summed E-state index contributed by atoms with van der Waals surface area (Å²) in [6.07, 6.45) is -2.97. The second-order valence-electron chi connectivity index (χ2n) is 7.66. The fourth-order valence-corrected chi connectivity index (χ4v) is 3.93. The summed E-state index contributed by atoms with van der Waals surface area (Å²) in [4.78, 5) is 38.8. The molecule has 2 heterocycles. The van der Waals surface area contributed by atoms with Crippen molar-refractivity contribution in [3.8, 4) is 0 Å². The van der Waals surface area contributed by atoms with Gasteiger partial charge in [-0.1, -0.05) is 12.1 Å². The molecule has 0 atom stereocenters. The maximum Gasteiger partial charge on any atom is 0.417 e. The molecule has 1 fully saturated rings. The van der Waals surface area contributed by atoms with Crippen molar-refractivity contribution in [2.45, 2.75) is 12.7 Å². The lowest BCUT2D eigenvalue weighted by Gasteiger charge is -2.35. The molecule has 172 valence electrons. The van der Waals surface area contributed by atoms with E-state index in [1.807, 2.05) is 0 Å². The Labute approximate surface area is 185 Å². The van der Waals surface area contributed by atoms with Gasteiger partial charge in [-0.3, -0.25) is 19.7 Å². The Kier molecular flexibility index (Phi) is 5.79. The van der Waals surface area contributed by atoms with Crippen molar-refractivity contribution in [3.05, 3.63) is 76.0 Å². The third-order valence-electron chi connectivity index (χ3n) is 5.65. The zero-order valence-corrected chi connectivity index (χ0v) is 17.3. The maximum absolute atomic E-state index is 13.2. The second kappa shape index (κ2) is 8.57. The molecule has 2 aromatic carbocycles. The molecule has 0 N–H and O–H groups in total. The number of nitrogens with zero attached hydrogens (tertiary/aromatic N) is 4. The number of nitro groups is 1. The van der Waals surface area contributed by atoms with E-state index in [1.54, 1.807) is 27.8 Å². The van der Waals surface area contributed by atoms with Crippen LogP contribution in [0.25, 0.3) is 10.9 Å². The molecular formula is C22H19F3N4O4. The van der Waals surface area contributed by atoms with Crippen LogP contribution in [0.4, 0.5) is 18.9 Å². The lowest BCUT2D eigenvalue weighted by atomic mass is 10.1. The fraction of sp³-hybridized carbons (Fsp3) is 0.273. The Morgan fingerprint density at radius 1 is 0.970 bits per heavy atom. The first-order valence-electron chi connectivity index (χ1n) is 10.1. The number of aromatic nitrogens is 1. The lowest BCUT2D eigenvalue weighted by molar-refractivity contribution is -0.384. The predicted molar refractivity (Wildman–Crippen MR) is 113 cm³/mol. The zero-order chi connectivity index (χ0) is 23.8. The molecule has 4 rings (SSSR count). The van der Waals surface area contributed by atoms with E-state index in [2.05, 4.69) is 0 Å². The molecular weight excluding hydrogens is 441 g/mol. The lowest BCUT2D eigenvalue weighted by Crippen LogP contribution is -2.51. The topological polar surface area (TPSA) is 88.7 Å². The SMILES string of the molecule is O=C(Cn1ccc2cc([N+](=O)[O-])ccc21)N1CCN(C(=O)c2ccccc2C(F)(F)F)CC1. The van der Waals surface area contributed by atoms with Gasteiger partial charge in [0.25, 0.3) is 11.6 Å². The van der Waals surface area contributed by atoms with Crippen molar-refractivity contribution in [2.75, 3.05) is 26.2 Å². The minimum Gasteiger partial charge on any atom is -0.338 e. The number of halogens is 3. The number of hydrogen-bond donors (Lipinski definition) is 0. The number of piperazine rings is 1. The molecule has 1 saturated heterocycles. The number of benzene rings is 2. The Bertz CT molecular complexity index is 1230. The fourth-order valence-electron chi connectivity index (χ4n) is 3.93. The van der Waals surface area contributed by atoms with Crippen LogP contribution in [0.2, 0.25) is 0 Å². The molecule has 3 aromatic rings. The van der Waals surface area contributed by atoms with Gasteiger partial charge in [0.1, 0.15) is 6.54 Å². The molecule has 1 aromatic heterocycles. The quantitative estimate of drug-likeness (QED) is 0.440. The van der Waals surface area contributed by atoms with Crippen molar-refractivity contribution in [1.29, 1.82) is 0 Å². The van der Waals surface area contributed by atoms with E-state index >= 15 is 0 Å². The van der Waals surface area contributed by atoms with Gasteiger partial charge in [0, 0.05) is 55.4 Å². The second-order valence-corrected chi connectivity index (χ2v) is 7.66. The summed E-state index contributed by atoms with van der Waals surface area (Å²) in [5.74, 6) is -0.929. The van der Waals surface area contributed by atoms with Gasteiger partial charge in [-0.2, -0.15) is 13.2 Å². The first kappa shape index (κ1) is 22.3. The van der Waals surface area contributed by atoms with Gasteiger partial charge in [-0.25, -0.2) is 0 Å². The summed E-state index contributed by atoms with van der Waals surface area (Å²) in [5.41, 5.74) is -0.753. The predicted octanol–water partition coefficient (Wildman–Crippen LogP) is 3.55. The Hall–Kier alpha value is -3.89. The first-order valence-corrected chi connectivity index (χ1v) is 10.1. The van der Waals surface area contributed by atoms with Crippen LogP contribution in [0.15, 0.2) is 54.7 Å². The summed E-state index contributed by atoms with van der Waals surface area (Å²) >= 11 is 0. The Balaban J connectivity index is 1.40. The van der Waals surface area contributed by atoms with Gasteiger partial charge in [-0.05, 0) is 24.3 Å². The average molecular weight is 460 g/mol. The number of amides is 2. The molecule has 2 amide bonds. The van der Waals surface area contributed by atoms with Crippen molar-refractivity contribution < 1.29 is 27.7 Å². The van der Waals surface area contributed by atoms with Gasteiger partial charge >= 0.3 is 6.18 Å². The number of carbonyl (C=O) groups excluding carboxylic acids is 2. The van der Waals surface area contributed by atoms with Gasteiger partial charge in [0.15, 0.2) is 0 Å². The van der Waals surface area contributed by atoms with Crippen LogP contribution in [-0.2, 0) is 17.5 Å². The molecule has 1 aliphatic heterocycles. The molecule has 0 saturated carbocycles. The van der Waals surface area contributed by atoms with Crippen molar-refractivity contribution in [3.63, 3.8) is 0 Å². The highest BCUT2D eigenvalue weighted by atomic mass is 19.4. The molecule has 11 heteroatoms. The Morgan fingerprint density at radius 2 is 1.64 bits per heavy atom. The summed E-state index contributed by atoms with van der Waals surface area (Å²) in [5, 5.41) is 11.6. The molecule has 0 radical (unpaired) electrons. The van der Waals surface area contributed by atoms with Crippen LogP contribution in [0.5, 0.6) is 0 Å². The maximum atomic E-state index is 13.2. The highest BCUT2D eigenvalue weighted by molar-refractivity contribution is 5.96. The summed E-state index contributed by atoms with van der Waals surface area (Å²) < 4.78 is 41.4. The van der Waals surface area contributed by atoms with Crippen LogP contribution in [0, 0.1) is 10.1 Å². The van der Waals surface area contributed by atoms with Crippen molar-refractivity contribution >= 4 is 28.4 Å². The number of nitro benzene ring substituents is 1. The number of carbonyl (C=O) groups is 2. The minimum atomic E-state index is -4.63. The molecule has 1 aliphatic rings. The van der Waals surface area contributed by atoms with Crippen molar-refractivity contribution in [1.82, 2.24) is 14.4 Å². The minimum absolute atomic E-state index is 0.00612. The highest BCUT2D eigenvalue weighted by Gasteiger charge is 2.36. The Morgan fingerprint density at radius 3 is 2.30 bits per heavy atom. The van der Waals surface area contributed by atoms with Crippen LogP contribution in [0.3, 0.4) is 0 Å². The molecule has 0 bridgehead atoms. The smallest absolute Gasteiger partial charge is 0.338 e. The summed E-state index contributed by atoms with van der Waals surface area (Å²) in [7, 11) is 0. The van der Waals surface area contributed by atoms with E-state index in [9.17, 15) is 32.9 Å². The standard InChI is InChI=1S/C22H19F3N4O4/c23-22(24,25)18-4-2-1-3-17(18)21(31)27-11-9-26(10-12-27)20(30)14-28-8-7-15-13-16(29(32)33)5-6-19(15)28/h1-8,13H,9-12,14H2. The summed E-state index contributed by atoms with van der Waals surface area (Å²) in [6.45, 7) is 0.643. The number of alkyl halides is 3. The molecule has 0 unspecified atom stereocenters. The van der Waals surface area contributed by atoms with E-state index < -0.39 is 28.1 Å².